The second kappa shape index (κ2) is 9.33. The number of nitrogens with one attached hydrogen (secondary N) is 2. The van der Waals surface area contributed by atoms with Gasteiger partial charge in [-0.2, -0.15) is 4.98 Å². The Morgan fingerprint density at radius 3 is 2.44 bits per heavy atom. The van der Waals surface area contributed by atoms with Crippen LogP contribution < -0.4 is 10.6 Å². The molecule has 0 aliphatic heterocycles. The molecule has 0 saturated heterocycles. The molecule has 0 unspecified atom stereocenters. The van der Waals surface area contributed by atoms with Crippen LogP contribution in [-0.4, -0.2) is 23.1 Å². The first-order valence-electron chi connectivity index (χ1n) is 8.91. The molecule has 3 aromatic rings. The van der Waals surface area contributed by atoms with Gasteiger partial charge in [0.15, 0.2) is 0 Å². The fourth-order valence-electron chi connectivity index (χ4n) is 2.73. The van der Waals surface area contributed by atoms with Crippen molar-refractivity contribution in [3.8, 4) is 0 Å². The molecule has 0 saturated carbocycles. The standard InChI is InChI=1S/C21H22ClFN4/c1-15-14-20(24-13-11-17-4-2-3-5-19(17)23)27-21(26-15)25-12-10-16-6-8-18(22)9-7-16/h2-9,14H,10-13H2,1H3,(H2,24,25,26,27). The minimum atomic E-state index is -0.178. The Labute approximate surface area is 163 Å². The Balaban J connectivity index is 1.52. The third-order valence-corrected chi connectivity index (χ3v) is 4.37. The summed E-state index contributed by atoms with van der Waals surface area (Å²) in [5, 5.41) is 7.23. The van der Waals surface area contributed by atoms with Crippen LogP contribution in [0.25, 0.3) is 0 Å². The Bertz CT molecular complexity index is 884. The number of hydrogen-bond donors (Lipinski definition) is 2. The Morgan fingerprint density at radius 1 is 0.926 bits per heavy atom. The van der Waals surface area contributed by atoms with Crippen molar-refractivity contribution in [3.63, 3.8) is 0 Å². The summed E-state index contributed by atoms with van der Waals surface area (Å²) in [4.78, 5) is 8.90. The van der Waals surface area contributed by atoms with Crippen LogP contribution in [0, 0.1) is 12.7 Å². The highest BCUT2D eigenvalue weighted by Gasteiger charge is 2.04. The molecule has 4 nitrogen and oxygen atoms in total. The topological polar surface area (TPSA) is 49.8 Å². The summed E-state index contributed by atoms with van der Waals surface area (Å²) < 4.78 is 13.7. The number of aryl methyl sites for hydroxylation is 1. The van der Waals surface area contributed by atoms with Gasteiger partial charge in [0.05, 0.1) is 0 Å². The van der Waals surface area contributed by atoms with Gasteiger partial charge < -0.3 is 10.6 Å². The Kier molecular flexibility index (Phi) is 6.60. The van der Waals surface area contributed by atoms with Gasteiger partial charge >= 0.3 is 0 Å². The van der Waals surface area contributed by atoms with Crippen LogP contribution in [0.15, 0.2) is 54.6 Å². The lowest BCUT2D eigenvalue weighted by atomic mass is 10.1. The first-order chi connectivity index (χ1) is 13.1. The number of benzene rings is 2. The van der Waals surface area contributed by atoms with Crippen LogP contribution in [0.4, 0.5) is 16.2 Å². The van der Waals surface area contributed by atoms with E-state index >= 15 is 0 Å². The molecule has 27 heavy (non-hydrogen) atoms. The quantitative estimate of drug-likeness (QED) is 0.580. The zero-order valence-corrected chi connectivity index (χ0v) is 15.9. The predicted molar refractivity (Wildman–Crippen MR) is 109 cm³/mol. The van der Waals surface area contributed by atoms with E-state index in [1.165, 1.54) is 11.6 Å². The van der Waals surface area contributed by atoms with Crippen molar-refractivity contribution < 1.29 is 4.39 Å². The van der Waals surface area contributed by atoms with Gasteiger partial charge in [-0.25, -0.2) is 9.37 Å². The van der Waals surface area contributed by atoms with Crippen LogP contribution in [0.1, 0.15) is 16.8 Å². The van der Waals surface area contributed by atoms with Gasteiger partial charge in [0.25, 0.3) is 0 Å². The summed E-state index contributed by atoms with van der Waals surface area (Å²) >= 11 is 5.90. The average Bonchev–Trinajstić information content (AvgIpc) is 2.65. The number of halogens is 2. The van der Waals surface area contributed by atoms with E-state index in [-0.39, 0.29) is 5.82 Å². The molecular weight excluding hydrogens is 363 g/mol. The van der Waals surface area contributed by atoms with Gasteiger partial charge in [-0.1, -0.05) is 41.9 Å². The highest BCUT2D eigenvalue weighted by Crippen LogP contribution is 2.13. The van der Waals surface area contributed by atoms with Gasteiger partial charge in [0.1, 0.15) is 11.6 Å². The van der Waals surface area contributed by atoms with E-state index in [1.54, 1.807) is 12.1 Å². The van der Waals surface area contributed by atoms with Crippen molar-refractivity contribution in [1.82, 2.24) is 9.97 Å². The van der Waals surface area contributed by atoms with E-state index < -0.39 is 0 Å². The van der Waals surface area contributed by atoms with E-state index in [1.807, 2.05) is 43.3 Å². The van der Waals surface area contributed by atoms with Crippen molar-refractivity contribution in [2.24, 2.45) is 0 Å². The fourth-order valence-corrected chi connectivity index (χ4v) is 2.86. The summed E-state index contributed by atoms with van der Waals surface area (Å²) in [5.41, 5.74) is 2.76. The van der Waals surface area contributed by atoms with Gasteiger partial charge in [0, 0.05) is 29.9 Å². The number of aromatic nitrogens is 2. The second-order valence-electron chi connectivity index (χ2n) is 6.29. The van der Waals surface area contributed by atoms with Crippen molar-refractivity contribution >= 4 is 23.4 Å². The van der Waals surface area contributed by atoms with Crippen molar-refractivity contribution in [3.05, 3.63) is 82.3 Å². The lowest BCUT2D eigenvalue weighted by Gasteiger charge is -2.10. The molecule has 0 aliphatic carbocycles. The molecular formula is C21H22ClFN4. The molecule has 0 aliphatic rings. The van der Waals surface area contributed by atoms with Crippen molar-refractivity contribution in [1.29, 1.82) is 0 Å². The fraction of sp³-hybridized carbons (Fsp3) is 0.238. The lowest BCUT2D eigenvalue weighted by Crippen LogP contribution is -2.12. The molecule has 1 heterocycles. The molecule has 140 valence electrons. The largest absolute Gasteiger partial charge is 0.370 e. The maximum atomic E-state index is 13.7. The number of anilines is 2. The molecule has 0 atom stereocenters. The number of rotatable bonds is 8. The zero-order valence-electron chi connectivity index (χ0n) is 15.2. The van der Waals surface area contributed by atoms with E-state index in [0.717, 1.165) is 29.5 Å². The monoisotopic (exact) mass is 384 g/mol. The first-order valence-corrected chi connectivity index (χ1v) is 9.29. The van der Waals surface area contributed by atoms with Crippen molar-refractivity contribution in [2.75, 3.05) is 23.7 Å². The molecule has 0 bridgehead atoms. The molecule has 0 amide bonds. The minimum absolute atomic E-state index is 0.178. The van der Waals surface area contributed by atoms with Gasteiger partial charge in [-0.3, -0.25) is 0 Å². The summed E-state index contributed by atoms with van der Waals surface area (Å²) in [7, 11) is 0. The highest BCUT2D eigenvalue weighted by molar-refractivity contribution is 6.30. The maximum Gasteiger partial charge on any atom is 0.224 e. The predicted octanol–water partition coefficient (Wildman–Crippen LogP) is 4.89. The zero-order chi connectivity index (χ0) is 19.1. The van der Waals surface area contributed by atoms with Crippen LogP contribution in [-0.2, 0) is 12.8 Å². The molecule has 0 radical (unpaired) electrons. The number of nitrogens with zero attached hydrogens (tertiary/aromatic N) is 2. The van der Waals surface area contributed by atoms with Gasteiger partial charge in [0.2, 0.25) is 5.95 Å². The average molecular weight is 385 g/mol. The van der Waals surface area contributed by atoms with Crippen molar-refractivity contribution in [2.45, 2.75) is 19.8 Å². The molecule has 0 fully saturated rings. The lowest BCUT2D eigenvalue weighted by molar-refractivity contribution is 0.610. The molecule has 2 N–H and O–H groups in total. The van der Waals surface area contributed by atoms with E-state index in [2.05, 4.69) is 20.6 Å². The third-order valence-electron chi connectivity index (χ3n) is 4.12. The highest BCUT2D eigenvalue weighted by atomic mass is 35.5. The van der Waals surface area contributed by atoms with Crippen LogP contribution >= 0.6 is 11.6 Å². The van der Waals surface area contributed by atoms with Crippen LogP contribution in [0.2, 0.25) is 5.02 Å². The smallest absolute Gasteiger partial charge is 0.224 e. The normalized spacial score (nSPS) is 10.6. The molecule has 6 heteroatoms. The third kappa shape index (κ3) is 5.93. The molecule has 0 spiro atoms. The van der Waals surface area contributed by atoms with Gasteiger partial charge in [-0.15, -0.1) is 0 Å². The van der Waals surface area contributed by atoms with Gasteiger partial charge in [-0.05, 0) is 49.1 Å². The molecule has 3 rings (SSSR count). The second-order valence-corrected chi connectivity index (χ2v) is 6.73. The van der Waals surface area contributed by atoms with Crippen LogP contribution in [0.3, 0.4) is 0 Å². The maximum absolute atomic E-state index is 13.7. The molecule has 1 aromatic heterocycles. The summed E-state index contributed by atoms with van der Waals surface area (Å²) in [5.74, 6) is 1.13. The Morgan fingerprint density at radius 2 is 1.67 bits per heavy atom. The SMILES string of the molecule is Cc1cc(NCCc2ccccc2F)nc(NCCc2ccc(Cl)cc2)n1. The van der Waals surface area contributed by atoms with Crippen LogP contribution in [0.5, 0.6) is 0 Å². The summed E-state index contributed by atoms with van der Waals surface area (Å²) in [6, 6.07) is 16.5. The summed E-state index contributed by atoms with van der Waals surface area (Å²) in [6.45, 7) is 3.25. The molecule has 2 aromatic carbocycles. The van der Waals surface area contributed by atoms with E-state index in [4.69, 9.17) is 11.6 Å². The minimum Gasteiger partial charge on any atom is -0.370 e. The first kappa shape index (κ1) is 19.1. The summed E-state index contributed by atoms with van der Waals surface area (Å²) in [6.07, 6.45) is 1.44. The number of hydrogen-bond acceptors (Lipinski definition) is 4. The van der Waals surface area contributed by atoms with E-state index in [0.29, 0.717) is 24.5 Å². The van der Waals surface area contributed by atoms with E-state index in [9.17, 15) is 4.39 Å². The Hall–Kier alpha value is -2.66.